The second-order valence-corrected chi connectivity index (χ2v) is 5.79. The van der Waals surface area contributed by atoms with Crippen LogP contribution in [0.1, 0.15) is 22.8 Å². The number of hydrogen-bond acceptors (Lipinski definition) is 1. The second kappa shape index (κ2) is 6.04. The van der Waals surface area contributed by atoms with Crippen LogP contribution in [0.3, 0.4) is 0 Å². The molecule has 0 heterocycles. The number of aliphatic hydroxyl groups is 1. The highest BCUT2D eigenvalue weighted by Crippen LogP contribution is 2.27. The maximum atomic E-state index is 13.2. The number of aryl methyl sites for hydroxylation is 1. The first-order valence-corrected chi connectivity index (χ1v) is 7.02. The summed E-state index contributed by atoms with van der Waals surface area (Å²) in [7, 11) is 0. The molecule has 0 saturated heterocycles. The lowest BCUT2D eigenvalue weighted by molar-refractivity contribution is 0.178. The van der Waals surface area contributed by atoms with Crippen molar-refractivity contribution in [3.05, 3.63) is 68.4 Å². The molecule has 0 spiro atoms. The SMILES string of the molecule is Cc1cc(C(O)Cc2ccc(Br)cc2Cl)ccc1F. The first-order valence-electron chi connectivity index (χ1n) is 5.85. The van der Waals surface area contributed by atoms with E-state index in [0.29, 0.717) is 22.6 Å². The Kier molecular flexibility index (Phi) is 4.61. The van der Waals surface area contributed by atoms with Crippen LogP contribution in [0.15, 0.2) is 40.9 Å². The average Bonchev–Trinajstić information content (AvgIpc) is 2.36. The minimum absolute atomic E-state index is 0.266. The van der Waals surface area contributed by atoms with E-state index >= 15 is 0 Å². The molecule has 2 aromatic rings. The fourth-order valence-corrected chi connectivity index (χ4v) is 2.64. The Morgan fingerprint density at radius 1 is 1.26 bits per heavy atom. The van der Waals surface area contributed by atoms with Gasteiger partial charge in [-0.15, -0.1) is 0 Å². The summed E-state index contributed by atoms with van der Waals surface area (Å²) in [6.07, 6.45) is -0.296. The summed E-state index contributed by atoms with van der Waals surface area (Å²) < 4.78 is 14.1. The van der Waals surface area contributed by atoms with Gasteiger partial charge in [-0.2, -0.15) is 0 Å². The van der Waals surface area contributed by atoms with Crippen LogP contribution in [0.25, 0.3) is 0 Å². The Bertz CT molecular complexity index is 601. The van der Waals surface area contributed by atoms with Crippen LogP contribution in [0.5, 0.6) is 0 Å². The third-order valence-corrected chi connectivity index (χ3v) is 3.84. The summed E-state index contributed by atoms with van der Waals surface area (Å²) in [6, 6.07) is 10.2. The van der Waals surface area contributed by atoms with Crippen LogP contribution in [-0.4, -0.2) is 5.11 Å². The minimum atomic E-state index is -0.696. The Hall–Kier alpha value is -0.900. The van der Waals surface area contributed by atoms with Gasteiger partial charge >= 0.3 is 0 Å². The maximum Gasteiger partial charge on any atom is 0.126 e. The predicted octanol–water partition coefficient (Wildman–Crippen LogP) is 4.83. The largest absolute Gasteiger partial charge is 0.388 e. The molecule has 0 amide bonds. The molecule has 2 rings (SSSR count). The van der Waals surface area contributed by atoms with E-state index in [0.717, 1.165) is 10.0 Å². The summed E-state index contributed by atoms with van der Waals surface area (Å²) in [5.41, 5.74) is 2.08. The molecule has 100 valence electrons. The predicted molar refractivity (Wildman–Crippen MR) is 79.0 cm³/mol. The van der Waals surface area contributed by atoms with Crippen molar-refractivity contribution < 1.29 is 9.50 Å². The van der Waals surface area contributed by atoms with E-state index in [4.69, 9.17) is 11.6 Å². The third kappa shape index (κ3) is 3.56. The van der Waals surface area contributed by atoms with E-state index in [2.05, 4.69) is 15.9 Å². The number of benzene rings is 2. The zero-order chi connectivity index (χ0) is 14.0. The van der Waals surface area contributed by atoms with Crippen molar-refractivity contribution >= 4 is 27.5 Å². The summed E-state index contributed by atoms with van der Waals surface area (Å²) in [5.74, 6) is -0.266. The fraction of sp³-hybridized carbons (Fsp3) is 0.200. The molecule has 0 aliphatic rings. The molecule has 19 heavy (non-hydrogen) atoms. The molecule has 0 aliphatic heterocycles. The zero-order valence-corrected chi connectivity index (χ0v) is 12.7. The second-order valence-electron chi connectivity index (χ2n) is 4.46. The zero-order valence-electron chi connectivity index (χ0n) is 10.3. The van der Waals surface area contributed by atoms with Gasteiger partial charge in [0, 0.05) is 15.9 Å². The van der Waals surface area contributed by atoms with Crippen molar-refractivity contribution in [2.24, 2.45) is 0 Å². The lowest BCUT2D eigenvalue weighted by atomic mass is 10.00. The van der Waals surface area contributed by atoms with E-state index in [1.165, 1.54) is 6.07 Å². The molecule has 0 radical (unpaired) electrons. The summed E-state index contributed by atoms with van der Waals surface area (Å²) >= 11 is 9.45. The van der Waals surface area contributed by atoms with Crippen molar-refractivity contribution in [2.75, 3.05) is 0 Å². The number of hydrogen-bond donors (Lipinski definition) is 1. The molecule has 1 N–H and O–H groups in total. The van der Waals surface area contributed by atoms with Crippen LogP contribution in [0.4, 0.5) is 4.39 Å². The quantitative estimate of drug-likeness (QED) is 0.846. The van der Waals surface area contributed by atoms with Gasteiger partial charge in [-0.1, -0.05) is 45.7 Å². The molecule has 0 aliphatic carbocycles. The molecular weight excluding hydrogens is 331 g/mol. The topological polar surface area (TPSA) is 20.2 Å². The Morgan fingerprint density at radius 3 is 2.63 bits per heavy atom. The summed E-state index contributed by atoms with van der Waals surface area (Å²) in [6.45, 7) is 1.68. The van der Waals surface area contributed by atoms with Gasteiger partial charge in [-0.3, -0.25) is 0 Å². The van der Waals surface area contributed by atoms with Crippen LogP contribution in [-0.2, 0) is 6.42 Å². The molecule has 1 unspecified atom stereocenters. The van der Waals surface area contributed by atoms with Crippen molar-refractivity contribution in [3.8, 4) is 0 Å². The molecule has 4 heteroatoms. The normalized spacial score (nSPS) is 12.5. The molecule has 0 aromatic heterocycles. The molecule has 1 atom stereocenters. The highest BCUT2D eigenvalue weighted by molar-refractivity contribution is 9.10. The number of aliphatic hydroxyl groups excluding tert-OH is 1. The smallest absolute Gasteiger partial charge is 0.126 e. The fourth-order valence-electron chi connectivity index (χ4n) is 1.89. The van der Waals surface area contributed by atoms with Crippen LogP contribution >= 0.6 is 27.5 Å². The van der Waals surface area contributed by atoms with E-state index in [1.54, 1.807) is 25.1 Å². The van der Waals surface area contributed by atoms with Gasteiger partial charge < -0.3 is 5.11 Å². The monoisotopic (exact) mass is 342 g/mol. The van der Waals surface area contributed by atoms with Crippen LogP contribution in [0.2, 0.25) is 5.02 Å². The lowest BCUT2D eigenvalue weighted by Crippen LogP contribution is -2.03. The Labute approximate surface area is 125 Å². The van der Waals surface area contributed by atoms with Crippen molar-refractivity contribution in [2.45, 2.75) is 19.4 Å². The summed E-state index contributed by atoms with van der Waals surface area (Å²) in [4.78, 5) is 0. The first kappa shape index (κ1) is 14.5. The van der Waals surface area contributed by atoms with E-state index in [9.17, 15) is 9.50 Å². The van der Waals surface area contributed by atoms with E-state index in [-0.39, 0.29) is 5.82 Å². The molecule has 1 nitrogen and oxygen atoms in total. The van der Waals surface area contributed by atoms with Gasteiger partial charge in [-0.05, 0) is 41.8 Å². The molecule has 2 aromatic carbocycles. The van der Waals surface area contributed by atoms with Gasteiger partial charge in [0.25, 0.3) is 0 Å². The molecule has 0 saturated carbocycles. The first-order chi connectivity index (χ1) is 8.97. The molecule has 0 bridgehead atoms. The van der Waals surface area contributed by atoms with Gasteiger partial charge in [0.15, 0.2) is 0 Å². The number of rotatable bonds is 3. The highest BCUT2D eigenvalue weighted by Gasteiger charge is 2.12. The van der Waals surface area contributed by atoms with Gasteiger partial charge in [0.1, 0.15) is 5.82 Å². The maximum absolute atomic E-state index is 13.2. The average molecular weight is 344 g/mol. The Morgan fingerprint density at radius 2 is 2.00 bits per heavy atom. The van der Waals surface area contributed by atoms with Crippen molar-refractivity contribution in [1.29, 1.82) is 0 Å². The van der Waals surface area contributed by atoms with Crippen LogP contribution in [0, 0.1) is 12.7 Å². The van der Waals surface area contributed by atoms with Gasteiger partial charge in [0.05, 0.1) is 6.10 Å². The van der Waals surface area contributed by atoms with Crippen molar-refractivity contribution in [1.82, 2.24) is 0 Å². The van der Waals surface area contributed by atoms with E-state index < -0.39 is 6.10 Å². The Balaban J connectivity index is 2.20. The lowest BCUT2D eigenvalue weighted by Gasteiger charge is -2.13. The standard InChI is InChI=1S/C15H13BrClFO/c1-9-6-11(3-5-14(9)18)15(19)7-10-2-4-12(16)8-13(10)17/h2-6,8,15,19H,7H2,1H3. The molecular formula is C15H13BrClFO. The highest BCUT2D eigenvalue weighted by atomic mass is 79.9. The van der Waals surface area contributed by atoms with Crippen molar-refractivity contribution in [3.63, 3.8) is 0 Å². The van der Waals surface area contributed by atoms with Crippen LogP contribution < -0.4 is 0 Å². The van der Waals surface area contributed by atoms with Gasteiger partial charge in [-0.25, -0.2) is 4.39 Å². The van der Waals surface area contributed by atoms with E-state index in [1.807, 2.05) is 12.1 Å². The minimum Gasteiger partial charge on any atom is -0.388 e. The molecule has 0 fully saturated rings. The third-order valence-electron chi connectivity index (χ3n) is 3.00. The van der Waals surface area contributed by atoms with Gasteiger partial charge in [0.2, 0.25) is 0 Å². The number of halogens is 3. The summed E-state index contributed by atoms with van der Waals surface area (Å²) in [5, 5.41) is 10.8.